The Bertz CT molecular complexity index is 351. The maximum atomic E-state index is 6.55. The first-order chi connectivity index (χ1) is 7.58. The monoisotopic (exact) mass is 238 g/mol. The van der Waals surface area contributed by atoms with E-state index in [9.17, 15) is 0 Å². The van der Waals surface area contributed by atoms with Crippen LogP contribution in [0.5, 0.6) is 0 Å². The SMILES string of the molecule is Cc1sccc1C(N)C1(N(C)C)CCCC1. The Kier molecular flexibility index (Phi) is 3.38. The van der Waals surface area contributed by atoms with Crippen molar-refractivity contribution in [2.24, 2.45) is 5.73 Å². The first kappa shape index (κ1) is 12.1. The summed E-state index contributed by atoms with van der Waals surface area (Å²) in [6, 6.07) is 2.37. The van der Waals surface area contributed by atoms with Crippen LogP contribution in [-0.2, 0) is 0 Å². The van der Waals surface area contributed by atoms with Crippen LogP contribution in [0.2, 0.25) is 0 Å². The summed E-state index contributed by atoms with van der Waals surface area (Å²) in [7, 11) is 4.35. The minimum absolute atomic E-state index is 0.163. The summed E-state index contributed by atoms with van der Waals surface area (Å²) < 4.78 is 0. The van der Waals surface area contributed by atoms with E-state index in [4.69, 9.17) is 5.73 Å². The number of nitrogens with two attached hydrogens (primary N) is 1. The van der Waals surface area contributed by atoms with Gasteiger partial charge in [0.2, 0.25) is 0 Å². The standard InChI is InChI=1S/C13H22N2S/c1-10-11(6-9-16-10)12(14)13(15(2)3)7-4-5-8-13/h6,9,12H,4-5,7-8,14H2,1-3H3. The minimum Gasteiger partial charge on any atom is -0.322 e. The first-order valence-electron chi connectivity index (χ1n) is 6.05. The lowest BCUT2D eigenvalue weighted by Gasteiger charge is -2.41. The Morgan fingerprint density at radius 3 is 2.44 bits per heavy atom. The molecule has 0 amide bonds. The molecule has 0 spiro atoms. The third kappa shape index (κ3) is 1.81. The molecule has 16 heavy (non-hydrogen) atoms. The van der Waals surface area contributed by atoms with Gasteiger partial charge in [-0.2, -0.15) is 0 Å². The fraction of sp³-hybridized carbons (Fsp3) is 0.692. The highest BCUT2D eigenvalue weighted by Crippen LogP contribution is 2.43. The van der Waals surface area contributed by atoms with Crippen molar-refractivity contribution < 1.29 is 0 Å². The third-order valence-corrected chi connectivity index (χ3v) is 5.03. The van der Waals surface area contributed by atoms with Crippen LogP contribution in [0.3, 0.4) is 0 Å². The average Bonchev–Trinajstić information content (AvgIpc) is 2.85. The zero-order chi connectivity index (χ0) is 11.8. The van der Waals surface area contributed by atoms with Crippen molar-refractivity contribution in [3.8, 4) is 0 Å². The molecule has 2 rings (SSSR count). The molecule has 2 nitrogen and oxygen atoms in total. The highest BCUT2D eigenvalue weighted by molar-refractivity contribution is 7.10. The van der Waals surface area contributed by atoms with Gasteiger partial charge >= 0.3 is 0 Å². The summed E-state index contributed by atoms with van der Waals surface area (Å²) in [6.07, 6.45) is 5.09. The number of thiophene rings is 1. The Hall–Kier alpha value is -0.380. The molecule has 90 valence electrons. The molecule has 1 saturated carbocycles. The summed E-state index contributed by atoms with van der Waals surface area (Å²) in [5.74, 6) is 0. The Balaban J connectivity index is 2.31. The molecule has 0 saturated heterocycles. The zero-order valence-electron chi connectivity index (χ0n) is 10.5. The quantitative estimate of drug-likeness (QED) is 0.877. The van der Waals surface area contributed by atoms with E-state index in [0.29, 0.717) is 0 Å². The second-order valence-electron chi connectivity index (χ2n) is 5.11. The van der Waals surface area contributed by atoms with E-state index >= 15 is 0 Å². The third-order valence-electron chi connectivity index (χ3n) is 4.17. The first-order valence-corrected chi connectivity index (χ1v) is 6.93. The van der Waals surface area contributed by atoms with Crippen LogP contribution in [0.4, 0.5) is 0 Å². The van der Waals surface area contributed by atoms with E-state index in [1.54, 1.807) is 11.3 Å². The van der Waals surface area contributed by atoms with Gasteiger partial charge in [-0.15, -0.1) is 11.3 Å². The highest BCUT2D eigenvalue weighted by atomic mass is 32.1. The van der Waals surface area contributed by atoms with Gasteiger partial charge in [0, 0.05) is 16.5 Å². The van der Waals surface area contributed by atoms with Crippen LogP contribution in [0.15, 0.2) is 11.4 Å². The molecule has 3 heteroatoms. The molecule has 0 aromatic carbocycles. The molecule has 0 radical (unpaired) electrons. The van der Waals surface area contributed by atoms with Crippen molar-refractivity contribution in [2.75, 3.05) is 14.1 Å². The lowest BCUT2D eigenvalue weighted by Crippen LogP contribution is -2.50. The second kappa shape index (κ2) is 4.47. The smallest absolute Gasteiger partial charge is 0.0492 e. The molecule has 1 unspecified atom stereocenters. The molecule has 2 N–H and O–H groups in total. The lowest BCUT2D eigenvalue weighted by atomic mass is 9.83. The topological polar surface area (TPSA) is 29.3 Å². The fourth-order valence-corrected chi connectivity index (χ4v) is 3.78. The second-order valence-corrected chi connectivity index (χ2v) is 6.24. The van der Waals surface area contributed by atoms with Gasteiger partial charge in [-0.05, 0) is 50.9 Å². The van der Waals surface area contributed by atoms with Crippen LogP contribution in [0.1, 0.15) is 42.2 Å². The minimum atomic E-state index is 0.163. The van der Waals surface area contributed by atoms with Crippen LogP contribution in [0.25, 0.3) is 0 Å². The van der Waals surface area contributed by atoms with Crippen LogP contribution in [-0.4, -0.2) is 24.5 Å². The maximum absolute atomic E-state index is 6.55. The Morgan fingerprint density at radius 2 is 2.00 bits per heavy atom. The molecular formula is C13H22N2S. The number of hydrogen-bond acceptors (Lipinski definition) is 3. The van der Waals surface area contributed by atoms with Crippen molar-refractivity contribution in [1.29, 1.82) is 0 Å². The predicted octanol–water partition coefficient (Wildman–Crippen LogP) is 2.93. The van der Waals surface area contributed by atoms with E-state index in [1.807, 2.05) is 0 Å². The largest absolute Gasteiger partial charge is 0.322 e. The van der Waals surface area contributed by atoms with E-state index < -0.39 is 0 Å². The van der Waals surface area contributed by atoms with Gasteiger partial charge < -0.3 is 10.6 Å². The van der Waals surface area contributed by atoms with Crippen molar-refractivity contribution in [1.82, 2.24) is 4.90 Å². The molecule has 1 atom stereocenters. The summed E-state index contributed by atoms with van der Waals surface area (Å²) in [5.41, 5.74) is 8.08. The van der Waals surface area contributed by atoms with E-state index in [1.165, 1.54) is 36.1 Å². The number of hydrogen-bond donors (Lipinski definition) is 1. The number of likely N-dealkylation sites (N-methyl/N-ethyl adjacent to an activating group) is 1. The van der Waals surface area contributed by atoms with Crippen molar-refractivity contribution >= 4 is 11.3 Å². The van der Waals surface area contributed by atoms with Crippen LogP contribution >= 0.6 is 11.3 Å². The van der Waals surface area contributed by atoms with Crippen molar-refractivity contribution in [3.63, 3.8) is 0 Å². The summed E-state index contributed by atoms with van der Waals surface area (Å²) in [4.78, 5) is 3.72. The van der Waals surface area contributed by atoms with E-state index in [0.717, 1.165) is 0 Å². The normalized spacial score (nSPS) is 21.6. The van der Waals surface area contributed by atoms with Gasteiger partial charge in [-0.3, -0.25) is 0 Å². The predicted molar refractivity (Wildman–Crippen MR) is 70.9 cm³/mol. The van der Waals surface area contributed by atoms with Gasteiger partial charge in [0.25, 0.3) is 0 Å². The zero-order valence-corrected chi connectivity index (χ0v) is 11.3. The van der Waals surface area contributed by atoms with Gasteiger partial charge in [-0.1, -0.05) is 12.8 Å². The maximum Gasteiger partial charge on any atom is 0.0492 e. The van der Waals surface area contributed by atoms with Gasteiger partial charge in [0.05, 0.1) is 0 Å². The molecule has 1 aliphatic rings. The Labute approximate surface area is 102 Å². The fourth-order valence-electron chi connectivity index (χ4n) is 3.03. The molecular weight excluding hydrogens is 216 g/mol. The molecule has 0 aliphatic heterocycles. The average molecular weight is 238 g/mol. The lowest BCUT2D eigenvalue weighted by molar-refractivity contribution is 0.123. The van der Waals surface area contributed by atoms with Gasteiger partial charge in [0.1, 0.15) is 0 Å². The molecule has 1 heterocycles. The summed E-state index contributed by atoms with van der Waals surface area (Å²) in [5, 5.41) is 2.16. The summed E-state index contributed by atoms with van der Waals surface area (Å²) in [6.45, 7) is 2.18. The number of nitrogens with zero attached hydrogens (tertiary/aromatic N) is 1. The van der Waals surface area contributed by atoms with Gasteiger partial charge in [0.15, 0.2) is 0 Å². The van der Waals surface area contributed by atoms with Crippen molar-refractivity contribution in [3.05, 3.63) is 21.9 Å². The van der Waals surface area contributed by atoms with Crippen LogP contribution in [0, 0.1) is 6.92 Å². The van der Waals surface area contributed by atoms with Crippen LogP contribution < -0.4 is 5.73 Å². The van der Waals surface area contributed by atoms with E-state index in [-0.39, 0.29) is 11.6 Å². The number of aryl methyl sites for hydroxylation is 1. The van der Waals surface area contributed by atoms with E-state index in [2.05, 4.69) is 37.4 Å². The number of rotatable bonds is 3. The molecule has 1 aromatic heterocycles. The molecule has 1 aromatic rings. The van der Waals surface area contributed by atoms with Crippen molar-refractivity contribution in [2.45, 2.75) is 44.2 Å². The molecule has 0 bridgehead atoms. The summed E-state index contributed by atoms with van der Waals surface area (Å²) >= 11 is 1.80. The Morgan fingerprint density at radius 1 is 1.38 bits per heavy atom. The van der Waals surface area contributed by atoms with Gasteiger partial charge in [-0.25, -0.2) is 0 Å². The highest BCUT2D eigenvalue weighted by Gasteiger charge is 2.42. The molecule has 1 fully saturated rings. The molecule has 1 aliphatic carbocycles.